The summed E-state index contributed by atoms with van der Waals surface area (Å²) in [5.41, 5.74) is 1.83. The zero-order valence-electron chi connectivity index (χ0n) is 13.9. The van der Waals surface area contributed by atoms with Crippen LogP contribution in [0.15, 0.2) is 60.6 Å². The van der Waals surface area contributed by atoms with Crippen LogP contribution in [0.4, 0.5) is 8.78 Å². The third-order valence-corrected chi connectivity index (χ3v) is 4.02. The molecule has 2 atom stereocenters. The number of alkyl halides is 1. The molecule has 1 aromatic carbocycles. The maximum Gasteiger partial charge on any atom is 0.255 e. The quantitative estimate of drug-likeness (QED) is 0.855. The maximum atomic E-state index is 14.4. The number of hydrogen-bond donors (Lipinski definition) is 0. The van der Waals surface area contributed by atoms with Gasteiger partial charge in [0.2, 0.25) is 0 Å². The lowest BCUT2D eigenvalue weighted by Gasteiger charge is -2.22. The molecule has 25 heavy (non-hydrogen) atoms. The average molecular weight is 341 g/mol. The van der Waals surface area contributed by atoms with Crippen molar-refractivity contribution in [2.24, 2.45) is 0 Å². The molecule has 1 aliphatic rings. The lowest BCUT2D eigenvalue weighted by Crippen LogP contribution is -2.27. The monoisotopic (exact) mass is 341 g/mol. The summed E-state index contributed by atoms with van der Waals surface area (Å²) in [7, 11) is 3.23. The van der Waals surface area contributed by atoms with Gasteiger partial charge in [-0.2, -0.15) is 10.2 Å². The van der Waals surface area contributed by atoms with Gasteiger partial charge in [-0.3, -0.25) is 4.79 Å². The van der Waals surface area contributed by atoms with E-state index in [4.69, 9.17) is 0 Å². The van der Waals surface area contributed by atoms with Crippen molar-refractivity contribution < 1.29 is 13.6 Å². The Balaban J connectivity index is 2.19. The molecule has 1 amide bonds. The molecule has 128 valence electrons. The Morgan fingerprint density at radius 1 is 1.20 bits per heavy atom. The van der Waals surface area contributed by atoms with Crippen LogP contribution in [0.25, 0.3) is 11.1 Å². The van der Waals surface area contributed by atoms with Crippen molar-refractivity contribution in [2.45, 2.75) is 12.1 Å². The molecule has 2 aromatic rings. The summed E-state index contributed by atoms with van der Waals surface area (Å²) < 4.78 is 27.7. The molecule has 0 saturated heterocycles. The highest BCUT2D eigenvalue weighted by Crippen LogP contribution is 2.34. The van der Waals surface area contributed by atoms with Crippen molar-refractivity contribution in [1.82, 2.24) is 15.1 Å². The van der Waals surface area contributed by atoms with Crippen LogP contribution < -0.4 is 0 Å². The molecule has 1 aliphatic carbocycles. The number of halogens is 2. The summed E-state index contributed by atoms with van der Waals surface area (Å²) in [6, 6.07) is 9.24. The summed E-state index contributed by atoms with van der Waals surface area (Å²) in [5, 5.41) is 7.98. The Bertz CT molecular complexity index is 847. The molecule has 1 aromatic heterocycles. The second-order valence-electron chi connectivity index (χ2n) is 5.96. The van der Waals surface area contributed by atoms with E-state index in [1.807, 2.05) is 30.3 Å². The molecule has 6 heteroatoms. The summed E-state index contributed by atoms with van der Waals surface area (Å²) in [6.07, 6.45) is 3.32. The van der Waals surface area contributed by atoms with Gasteiger partial charge in [0.25, 0.3) is 5.91 Å². The Hall–Kier alpha value is -2.89. The van der Waals surface area contributed by atoms with E-state index >= 15 is 0 Å². The van der Waals surface area contributed by atoms with Crippen LogP contribution in [0.2, 0.25) is 0 Å². The molecule has 4 nitrogen and oxygen atoms in total. The lowest BCUT2D eigenvalue weighted by molar-refractivity contribution is 0.0826. The highest BCUT2D eigenvalue weighted by atomic mass is 19.1. The van der Waals surface area contributed by atoms with Gasteiger partial charge in [-0.15, -0.1) is 0 Å². The predicted molar refractivity (Wildman–Crippen MR) is 91.5 cm³/mol. The number of aromatic nitrogens is 2. The van der Waals surface area contributed by atoms with Crippen molar-refractivity contribution in [3.63, 3.8) is 0 Å². The van der Waals surface area contributed by atoms with Gasteiger partial charge in [0.15, 0.2) is 0 Å². The van der Waals surface area contributed by atoms with Gasteiger partial charge in [0.1, 0.15) is 12.0 Å². The first kappa shape index (κ1) is 17.0. The number of nitrogens with zero attached hydrogens (tertiary/aromatic N) is 3. The molecule has 0 spiro atoms. The summed E-state index contributed by atoms with van der Waals surface area (Å²) >= 11 is 0. The molecule has 0 N–H and O–H groups in total. The molecular weight excluding hydrogens is 324 g/mol. The van der Waals surface area contributed by atoms with Crippen LogP contribution in [0.1, 0.15) is 22.0 Å². The summed E-state index contributed by atoms with van der Waals surface area (Å²) in [6.45, 7) is 0. The van der Waals surface area contributed by atoms with E-state index in [0.29, 0.717) is 5.56 Å². The van der Waals surface area contributed by atoms with Gasteiger partial charge >= 0.3 is 0 Å². The minimum atomic E-state index is -1.61. The van der Waals surface area contributed by atoms with Gasteiger partial charge in [-0.05, 0) is 17.7 Å². The number of carbonyl (C=O) groups excluding carboxylic acids is 1. The minimum absolute atomic E-state index is 0.201. The predicted octanol–water partition coefficient (Wildman–Crippen LogP) is 3.69. The summed E-state index contributed by atoms with van der Waals surface area (Å²) in [5.74, 6) is -1.81. The zero-order valence-corrected chi connectivity index (χ0v) is 13.9. The lowest BCUT2D eigenvalue weighted by atomic mass is 9.88. The number of hydrogen-bond acceptors (Lipinski definition) is 3. The third-order valence-electron chi connectivity index (χ3n) is 4.02. The minimum Gasteiger partial charge on any atom is -0.345 e. The molecule has 0 fully saturated rings. The smallest absolute Gasteiger partial charge is 0.255 e. The second kappa shape index (κ2) is 6.93. The van der Waals surface area contributed by atoms with Gasteiger partial charge in [-0.25, -0.2) is 8.78 Å². The maximum absolute atomic E-state index is 14.4. The molecule has 3 rings (SSSR count). The van der Waals surface area contributed by atoms with Crippen LogP contribution in [0.5, 0.6) is 0 Å². The van der Waals surface area contributed by atoms with Gasteiger partial charge in [-0.1, -0.05) is 36.4 Å². The van der Waals surface area contributed by atoms with Crippen LogP contribution in [0, 0.1) is 0 Å². The molecule has 2 unspecified atom stereocenters. The SMILES string of the molecule is CN(C)C(=O)c1c(-c2ccccc2)cnnc1C1C=CC(F)=CC1F. The highest BCUT2D eigenvalue weighted by molar-refractivity contribution is 6.01. The van der Waals surface area contributed by atoms with E-state index in [0.717, 1.165) is 11.6 Å². The van der Waals surface area contributed by atoms with Crippen LogP contribution in [0.3, 0.4) is 0 Å². The van der Waals surface area contributed by atoms with Crippen molar-refractivity contribution in [1.29, 1.82) is 0 Å². The van der Waals surface area contributed by atoms with Gasteiger partial charge in [0, 0.05) is 19.7 Å². The van der Waals surface area contributed by atoms with Gasteiger partial charge in [0.05, 0.1) is 23.4 Å². The largest absolute Gasteiger partial charge is 0.345 e. The fourth-order valence-electron chi connectivity index (χ4n) is 2.77. The number of amides is 1. The van der Waals surface area contributed by atoms with Crippen molar-refractivity contribution in [3.05, 3.63) is 71.8 Å². The Morgan fingerprint density at radius 3 is 2.56 bits per heavy atom. The fraction of sp³-hybridized carbons (Fsp3) is 0.211. The first-order valence-electron chi connectivity index (χ1n) is 7.81. The van der Waals surface area contributed by atoms with Crippen molar-refractivity contribution in [2.75, 3.05) is 14.1 Å². The van der Waals surface area contributed by atoms with E-state index in [1.54, 1.807) is 14.1 Å². The number of benzene rings is 1. The molecular formula is C19H17F2N3O. The Kier molecular flexibility index (Phi) is 4.70. The van der Waals surface area contributed by atoms with E-state index < -0.39 is 17.9 Å². The summed E-state index contributed by atoms with van der Waals surface area (Å²) in [4.78, 5) is 14.2. The standard InChI is InChI=1S/C19H17F2N3O/c1-24(2)19(25)17-15(12-6-4-3-5-7-12)11-22-23-18(17)14-9-8-13(20)10-16(14)21/h3-11,14,16H,1-2H3. The van der Waals surface area contributed by atoms with E-state index in [2.05, 4.69) is 10.2 Å². The molecule has 1 heterocycles. The molecule has 0 bridgehead atoms. The Morgan fingerprint density at radius 2 is 1.92 bits per heavy atom. The van der Waals surface area contributed by atoms with E-state index in [1.165, 1.54) is 23.2 Å². The molecule has 0 radical (unpaired) electrons. The zero-order chi connectivity index (χ0) is 18.0. The van der Waals surface area contributed by atoms with Crippen LogP contribution in [-0.4, -0.2) is 41.3 Å². The fourth-order valence-corrected chi connectivity index (χ4v) is 2.77. The first-order chi connectivity index (χ1) is 12.0. The number of carbonyl (C=O) groups is 1. The normalized spacial score (nSPS) is 19.4. The first-order valence-corrected chi connectivity index (χ1v) is 7.81. The van der Waals surface area contributed by atoms with E-state index in [-0.39, 0.29) is 17.2 Å². The molecule has 0 saturated carbocycles. The van der Waals surface area contributed by atoms with Gasteiger partial charge < -0.3 is 4.90 Å². The second-order valence-corrected chi connectivity index (χ2v) is 5.96. The van der Waals surface area contributed by atoms with Crippen LogP contribution >= 0.6 is 0 Å². The molecule has 0 aliphatic heterocycles. The highest BCUT2D eigenvalue weighted by Gasteiger charge is 2.31. The third kappa shape index (κ3) is 3.33. The van der Waals surface area contributed by atoms with Crippen molar-refractivity contribution >= 4 is 5.91 Å². The number of allylic oxidation sites excluding steroid dienone is 4. The Labute approximate surface area is 144 Å². The van der Waals surface area contributed by atoms with Crippen molar-refractivity contribution in [3.8, 4) is 11.1 Å². The average Bonchev–Trinajstić information content (AvgIpc) is 2.61. The number of rotatable bonds is 3. The van der Waals surface area contributed by atoms with E-state index in [9.17, 15) is 13.6 Å². The topological polar surface area (TPSA) is 46.1 Å². The van der Waals surface area contributed by atoms with Crippen LogP contribution in [-0.2, 0) is 0 Å².